The average Bonchev–Trinajstić information content (AvgIpc) is 2.76. The number of anilines is 4. The lowest BCUT2D eigenvalue weighted by atomic mass is 10.2. The Morgan fingerprint density at radius 1 is 0.500 bits per heavy atom. The predicted molar refractivity (Wildman–Crippen MR) is 136 cm³/mol. The molecule has 0 atom stereocenters. The molecule has 3 rings (SSSR count). The number of carbonyl (C=O) groups is 2. The van der Waals surface area contributed by atoms with E-state index in [-0.39, 0.29) is 11.5 Å². The van der Waals surface area contributed by atoms with E-state index in [4.69, 9.17) is 8.37 Å². The molecule has 12 nitrogen and oxygen atoms in total. The Kier molecular flexibility index (Phi) is 8.01. The highest BCUT2D eigenvalue weighted by molar-refractivity contribution is 7.86. The highest BCUT2D eigenvalue weighted by atomic mass is 32.2. The first-order valence-corrected chi connectivity index (χ1v) is 13.7. The van der Waals surface area contributed by atoms with Gasteiger partial charge in [0, 0.05) is 22.7 Å². The van der Waals surface area contributed by atoms with E-state index in [0.717, 1.165) is 12.5 Å². The average molecular weight is 535 g/mol. The van der Waals surface area contributed by atoms with Crippen LogP contribution in [0.4, 0.5) is 32.3 Å². The maximum atomic E-state index is 12.2. The minimum absolute atomic E-state index is 0.119. The van der Waals surface area contributed by atoms with Crippen molar-refractivity contribution in [2.75, 3.05) is 33.8 Å². The van der Waals surface area contributed by atoms with Gasteiger partial charge in [-0.25, -0.2) is 9.59 Å². The number of benzene rings is 3. The number of carbonyl (C=O) groups excluding carboxylic acids is 2. The summed E-state index contributed by atoms with van der Waals surface area (Å²) in [4.78, 5) is 24.4. The zero-order chi connectivity index (χ0) is 26.3. The van der Waals surface area contributed by atoms with Crippen molar-refractivity contribution in [1.82, 2.24) is 0 Å². The van der Waals surface area contributed by atoms with Gasteiger partial charge in [-0.1, -0.05) is 0 Å². The molecule has 190 valence electrons. The Labute approximate surface area is 207 Å². The standard InChI is InChI=1S/C22H22N4O8S2/c1-35(29,30)33-19-11-7-17(8-12-19)25-21(27)23-15-3-5-16(6-4-15)24-22(28)26-18-9-13-20(14-10-18)34-36(2,31)32/h3-14H,1-2H3,(H2,23,25,27)(H2,24,26,28). The summed E-state index contributed by atoms with van der Waals surface area (Å²) in [5.74, 6) is 0.238. The molecule has 0 aliphatic rings. The lowest BCUT2D eigenvalue weighted by Gasteiger charge is -2.11. The van der Waals surface area contributed by atoms with E-state index in [1.54, 1.807) is 24.3 Å². The Morgan fingerprint density at radius 3 is 0.944 bits per heavy atom. The third kappa shape index (κ3) is 9.15. The third-order valence-corrected chi connectivity index (χ3v) is 5.11. The monoisotopic (exact) mass is 534 g/mol. The lowest BCUT2D eigenvalue weighted by molar-refractivity contribution is 0.261. The lowest BCUT2D eigenvalue weighted by Crippen LogP contribution is -2.20. The van der Waals surface area contributed by atoms with Gasteiger partial charge in [-0.15, -0.1) is 0 Å². The van der Waals surface area contributed by atoms with Crippen LogP contribution in [0.1, 0.15) is 0 Å². The van der Waals surface area contributed by atoms with Crippen LogP contribution in [0, 0.1) is 0 Å². The largest absolute Gasteiger partial charge is 0.383 e. The van der Waals surface area contributed by atoms with Crippen LogP contribution < -0.4 is 29.6 Å². The number of hydrogen-bond donors (Lipinski definition) is 4. The zero-order valence-electron chi connectivity index (χ0n) is 19.0. The number of nitrogens with one attached hydrogen (secondary N) is 4. The van der Waals surface area contributed by atoms with Gasteiger partial charge in [0.15, 0.2) is 0 Å². The Morgan fingerprint density at radius 2 is 0.722 bits per heavy atom. The molecular formula is C22H22N4O8S2. The smallest absolute Gasteiger partial charge is 0.323 e. The molecule has 0 saturated heterocycles. The fourth-order valence-electron chi connectivity index (χ4n) is 2.76. The van der Waals surface area contributed by atoms with Crippen molar-refractivity contribution in [2.45, 2.75) is 0 Å². The molecular weight excluding hydrogens is 512 g/mol. The summed E-state index contributed by atoms with van der Waals surface area (Å²) in [6.45, 7) is 0. The number of urea groups is 2. The molecule has 3 aromatic carbocycles. The SMILES string of the molecule is CS(=O)(=O)Oc1ccc(NC(=O)Nc2ccc(NC(=O)Nc3ccc(OS(C)(=O)=O)cc3)cc2)cc1. The van der Waals surface area contributed by atoms with Crippen molar-refractivity contribution in [1.29, 1.82) is 0 Å². The molecule has 0 spiro atoms. The Hall–Kier alpha value is -4.30. The number of rotatable bonds is 8. The molecule has 4 amide bonds. The summed E-state index contributed by atoms with van der Waals surface area (Å²) in [5, 5.41) is 10.4. The fraction of sp³-hybridized carbons (Fsp3) is 0.0909. The van der Waals surface area contributed by atoms with Crippen LogP contribution in [-0.2, 0) is 20.2 Å². The van der Waals surface area contributed by atoms with Crippen molar-refractivity contribution >= 4 is 55.0 Å². The second-order valence-corrected chi connectivity index (χ2v) is 10.5. The van der Waals surface area contributed by atoms with Crippen molar-refractivity contribution in [2.24, 2.45) is 0 Å². The van der Waals surface area contributed by atoms with Crippen LogP contribution in [0.15, 0.2) is 72.8 Å². The summed E-state index contributed by atoms with van der Waals surface area (Å²) in [6, 6.07) is 16.8. The van der Waals surface area contributed by atoms with E-state index >= 15 is 0 Å². The summed E-state index contributed by atoms with van der Waals surface area (Å²) in [6.07, 6.45) is 1.86. The minimum Gasteiger partial charge on any atom is -0.383 e. The molecule has 0 fully saturated rings. The van der Waals surface area contributed by atoms with Crippen LogP contribution in [0.3, 0.4) is 0 Å². The first-order valence-electron chi connectivity index (χ1n) is 10.1. The quantitative estimate of drug-likeness (QED) is 0.317. The number of hydrogen-bond acceptors (Lipinski definition) is 8. The molecule has 0 aromatic heterocycles. The zero-order valence-corrected chi connectivity index (χ0v) is 20.6. The molecule has 36 heavy (non-hydrogen) atoms. The van der Waals surface area contributed by atoms with Gasteiger partial charge in [0.1, 0.15) is 11.5 Å². The fourth-order valence-corrected chi connectivity index (χ4v) is 3.68. The van der Waals surface area contributed by atoms with Gasteiger partial charge in [0.25, 0.3) is 0 Å². The van der Waals surface area contributed by atoms with E-state index in [9.17, 15) is 26.4 Å². The first-order chi connectivity index (χ1) is 16.8. The molecule has 0 heterocycles. The van der Waals surface area contributed by atoms with Gasteiger partial charge < -0.3 is 29.6 Å². The van der Waals surface area contributed by atoms with E-state index < -0.39 is 32.3 Å². The van der Waals surface area contributed by atoms with Crippen molar-refractivity contribution in [3.8, 4) is 11.5 Å². The maximum Gasteiger partial charge on any atom is 0.323 e. The van der Waals surface area contributed by atoms with Gasteiger partial charge in [-0.05, 0) is 72.8 Å². The van der Waals surface area contributed by atoms with E-state index in [1.165, 1.54) is 48.5 Å². The summed E-state index contributed by atoms with van der Waals surface area (Å²) in [7, 11) is -7.28. The molecule has 3 aromatic rings. The number of amides is 4. The van der Waals surface area contributed by atoms with Gasteiger partial charge in [-0.2, -0.15) is 16.8 Å². The van der Waals surface area contributed by atoms with Gasteiger partial charge in [0.05, 0.1) is 12.5 Å². The van der Waals surface area contributed by atoms with Gasteiger partial charge >= 0.3 is 32.3 Å². The summed E-state index contributed by atoms with van der Waals surface area (Å²) >= 11 is 0. The maximum absolute atomic E-state index is 12.2. The van der Waals surface area contributed by atoms with Crippen LogP contribution in [0.2, 0.25) is 0 Å². The second kappa shape index (κ2) is 11.0. The second-order valence-electron chi connectivity index (χ2n) is 7.36. The van der Waals surface area contributed by atoms with Gasteiger partial charge in [0.2, 0.25) is 0 Å². The third-order valence-electron chi connectivity index (χ3n) is 4.12. The van der Waals surface area contributed by atoms with Crippen LogP contribution in [0.5, 0.6) is 11.5 Å². The van der Waals surface area contributed by atoms with Crippen LogP contribution in [-0.4, -0.2) is 41.4 Å². The topological polar surface area (TPSA) is 169 Å². The molecule has 0 bridgehead atoms. The van der Waals surface area contributed by atoms with Gasteiger partial charge in [-0.3, -0.25) is 0 Å². The normalized spacial score (nSPS) is 11.2. The van der Waals surface area contributed by atoms with Crippen LogP contribution in [0.25, 0.3) is 0 Å². The van der Waals surface area contributed by atoms with Crippen molar-refractivity contribution < 1.29 is 34.8 Å². The first kappa shape index (κ1) is 26.3. The van der Waals surface area contributed by atoms with Crippen molar-refractivity contribution in [3.63, 3.8) is 0 Å². The van der Waals surface area contributed by atoms with Crippen LogP contribution >= 0.6 is 0 Å². The predicted octanol–water partition coefficient (Wildman–Crippen LogP) is 3.65. The molecule has 0 aliphatic heterocycles. The highest BCUT2D eigenvalue weighted by Crippen LogP contribution is 2.19. The van der Waals surface area contributed by atoms with E-state index in [2.05, 4.69) is 21.3 Å². The molecule has 0 radical (unpaired) electrons. The molecule has 0 unspecified atom stereocenters. The molecule has 4 N–H and O–H groups in total. The van der Waals surface area contributed by atoms with E-state index in [0.29, 0.717) is 22.7 Å². The van der Waals surface area contributed by atoms with E-state index in [1.807, 2.05) is 0 Å². The highest BCUT2D eigenvalue weighted by Gasteiger charge is 2.08. The van der Waals surface area contributed by atoms with Crippen molar-refractivity contribution in [3.05, 3.63) is 72.8 Å². The molecule has 0 aliphatic carbocycles. The minimum atomic E-state index is -3.64. The Balaban J connectivity index is 1.48. The molecule has 14 heteroatoms. The molecule has 0 saturated carbocycles. The summed E-state index contributed by atoms with van der Waals surface area (Å²) in [5.41, 5.74) is 1.74. The Bertz CT molecular complexity index is 1330. The summed E-state index contributed by atoms with van der Waals surface area (Å²) < 4.78 is 54.0.